The molecule has 0 aromatic heterocycles. The van der Waals surface area contributed by atoms with Crippen molar-refractivity contribution in [1.82, 2.24) is 0 Å². The molecule has 1 heterocycles. The minimum Gasteiger partial charge on any atom is -0.481 e. The van der Waals surface area contributed by atoms with Crippen molar-refractivity contribution < 1.29 is 24.2 Å². The van der Waals surface area contributed by atoms with Crippen LogP contribution in [0.15, 0.2) is 0 Å². The third-order valence-corrected chi connectivity index (χ3v) is 3.52. The van der Waals surface area contributed by atoms with Crippen LogP contribution in [0.5, 0.6) is 0 Å². The second kappa shape index (κ2) is 5.60. The third-order valence-electron chi connectivity index (χ3n) is 3.52. The van der Waals surface area contributed by atoms with E-state index < -0.39 is 17.8 Å². The van der Waals surface area contributed by atoms with E-state index in [4.69, 9.17) is 14.6 Å². The van der Waals surface area contributed by atoms with E-state index in [9.17, 15) is 9.59 Å². The predicted octanol–water partition coefficient (Wildman–Crippen LogP) is 1.21. The zero-order valence-electron chi connectivity index (χ0n) is 9.76. The van der Waals surface area contributed by atoms with E-state index >= 15 is 0 Å². The van der Waals surface area contributed by atoms with Crippen LogP contribution >= 0.6 is 0 Å². The Morgan fingerprint density at radius 3 is 2.88 bits per heavy atom. The van der Waals surface area contributed by atoms with Crippen LogP contribution in [0.25, 0.3) is 0 Å². The molecule has 17 heavy (non-hydrogen) atoms. The molecule has 2 aliphatic rings. The van der Waals surface area contributed by atoms with E-state index in [1.54, 1.807) is 0 Å². The van der Waals surface area contributed by atoms with Gasteiger partial charge in [-0.2, -0.15) is 0 Å². The molecular weight excluding hydrogens is 224 g/mol. The van der Waals surface area contributed by atoms with Crippen LogP contribution < -0.4 is 0 Å². The first-order valence-corrected chi connectivity index (χ1v) is 6.17. The summed E-state index contributed by atoms with van der Waals surface area (Å²) < 4.78 is 10.9. The molecule has 1 saturated carbocycles. The van der Waals surface area contributed by atoms with E-state index in [2.05, 4.69) is 0 Å². The maximum Gasteiger partial charge on any atom is 0.307 e. The minimum absolute atomic E-state index is 0.00760. The van der Waals surface area contributed by atoms with Crippen LogP contribution in [-0.2, 0) is 19.1 Å². The molecule has 0 amide bonds. The van der Waals surface area contributed by atoms with Gasteiger partial charge in [0.15, 0.2) is 6.29 Å². The number of aliphatic carboxylic acids is 1. The van der Waals surface area contributed by atoms with Gasteiger partial charge in [0, 0.05) is 13.0 Å². The zero-order valence-corrected chi connectivity index (χ0v) is 9.76. The number of hydrogen-bond donors (Lipinski definition) is 1. The number of carboxylic acid groups (broad SMARTS) is 1. The van der Waals surface area contributed by atoms with Gasteiger partial charge < -0.3 is 14.6 Å². The summed E-state index contributed by atoms with van der Waals surface area (Å²) in [7, 11) is 0. The first-order valence-electron chi connectivity index (χ1n) is 6.17. The fourth-order valence-corrected chi connectivity index (χ4v) is 2.47. The molecule has 0 aromatic carbocycles. The number of carbonyl (C=O) groups excluding carboxylic acids is 1. The van der Waals surface area contributed by atoms with E-state index in [0.29, 0.717) is 19.4 Å². The first-order chi connectivity index (χ1) is 8.18. The van der Waals surface area contributed by atoms with Crippen LogP contribution in [0.1, 0.15) is 32.1 Å². The number of rotatable bonds is 4. The van der Waals surface area contributed by atoms with Crippen molar-refractivity contribution >= 4 is 11.8 Å². The van der Waals surface area contributed by atoms with E-state index in [1.807, 2.05) is 0 Å². The minimum atomic E-state index is -0.894. The normalized spacial score (nSPS) is 33.9. The number of carbonyl (C=O) groups is 2. The molecule has 2 fully saturated rings. The maximum atomic E-state index is 11.6. The Morgan fingerprint density at radius 1 is 1.41 bits per heavy atom. The number of Topliss-reactive ketones (excluding diaryl/α,β-unsaturated/α-hetero) is 1. The molecule has 5 nitrogen and oxygen atoms in total. The topological polar surface area (TPSA) is 72.8 Å². The summed E-state index contributed by atoms with van der Waals surface area (Å²) in [6.07, 6.45) is 3.47. The Kier molecular flexibility index (Phi) is 4.12. The van der Waals surface area contributed by atoms with Crippen molar-refractivity contribution in [3.63, 3.8) is 0 Å². The Morgan fingerprint density at radius 2 is 2.24 bits per heavy atom. The average Bonchev–Trinajstić information content (AvgIpc) is 2.69. The van der Waals surface area contributed by atoms with Gasteiger partial charge in [-0.1, -0.05) is 0 Å². The van der Waals surface area contributed by atoms with Gasteiger partial charge in [-0.25, -0.2) is 0 Å². The Hall–Kier alpha value is -0.940. The molecule has 1 aliphatic heterocycles. The lowest BCUT2D eigenvalue weighted by Crippen LogP contribution is -2.31. The molecule has 0 radical (unpaired) electrons. The van der Waals surface area contributed by atoms with Crippen LogP contribution in [-0.4, -0.2) is 36.4 Å². The Bertz CT molecular complexity index is 295. The summed E-state index contributed by atoms with van der Waals surface area (Å²) in [5.41, 5.74) is 0. The van der Waals surface area contributed by atoms with Crippen molar-refractivity contribution in [2.45, 2.75) is 38.4 Å². The van der Waals surface area contributed by atoms with Gasteiger partial charge >= 0.3 is 5.97 Å². The quantitative estimate of drug-likeness (QED) is 0.802. The summed E-state index contributed by atoms with van der Waals surface area (Å²) in [5.74, 6) is -1.95. The van der Waals surface area contributed by atoms with Crippen molar-refractivity contribution in [3.8, 4) is 0 Å². The lowest BCUT2D eigenvalue weighted by molar-refractivity contribution is -0.175. The summed E-state index contributed by atoms with van der Waals surface area (Å²) in [6.45, 7) is 0.867. The largest absolute Gasteiger partial charge is 0.481 e. The average molecular weight is 242 g/mol. The molecule has 0 aromatic rings. The molecule has 1 unspecified atom stereocenters. The smallest absolute Gasteiger partial charge is 0.307 e. The van der Waals surface area contributed by atoms with Gasteiger partial charge in [-0.3, -0.25) is 9.59 Å². The zero-order chi connectivity index (χ0) is 12.3. The maximum absolute atomic E-state index is 11.6. The van der Waals surface area contributed by atoms with E-state index in [-0.39, 0.29) is 18.7 Å². The van der Waals surface area contributed by atoms with Gasteiger partial charge in [0.25, 0.3) is 0 Å². The fraction of sp³-hybridized carbons (Fsp3) is 0.833. The molecule has 2 rings (SSSR count). The molecule has 1 aliphatic carbocycles. The standard InChI is InChI=1S/C12H18O5/c13-10-5-4-8(12(14)15)9(10)7-17-11-3-1-2-6-16-11/h8-9,11H,1-7H2,(H,14,15)/t8-,9+,11?/m1/s1. The Labute approximate surface area is 100 Å². The lowest BCUT2D eigenvalue weighted by atomic mass is 9.96. The molecular formula is C12H18O5. The van der Waals surface area contributed by atoms with Gasteiger partial charge in [-0.05, 0) is 25.7 Å². The highest BCUT2D eigenvalue weighted by Crippen LogP contribution is 2.30. The molecule has 0 bridgehead atoms. The fourth-order valence-electron chi connectivity index (χ4n) is 2.47. The molecule has 96 valence electrons. The highest BCUT2D eigenvalue weighted by Gasteiger charge is 2.39. The monoisotopic (exact) mass is 242 g/mol. The van der Waals surface area contributed by atoms with E-state index in [0.717, 1.165) is 19.3 Å². The van der Waals surface area contributed by atoms with Crippen molar-refractivity contribution in [1.29, 1.82) is 0 Å². The first kappa shape index (κ1) is 12.5. The van der Waals surface area contributed by atoms with Crippen LogP contribution in [0, 0.1) is 11.8 Å². The highest BCUT2D eigenvalue weighted by atomic mass is 16.7. The van der Waals surface area contributed by atoms with Crippen molar-refractivity contribution in [2.24, 2.45) is 11.8 Å². The Balaban J connectivity index is 1.83. The van der Waals surface area contributed by atoms with Gasteiger partial charge in [0.05, 0.1) is 18.4 Å². The second-order valence-corrected chi connectivity index (χ2v) is 4.69. The molecule has 1 saturated heterocycles. The van der Waals surface area contributed by atoms with Crippen LogP contribution in [0.3, 0.4) is 0 Å². The van der Waals surface area contributed by atoms with Crippen molar-refractivity contribution in [3.05, 3.63) is 0 Å². The number of ether oxygens (including phenoxy) is 2. The number of carboxylic acids is 1. The molecule has 1 N–H and O–H groups in total. The lowest BCUT2D eigenvalue weighted by Gasteiger charge is -2.24. The molecule has 5 heteroatoms. The van der Waals surface area contributed by atoms with Crippen LogP contribution in [0.2, 0.25) is 0 Å². The number of hydrogen-bond acceptors (Lipinski definition) is 4. The third kappa shape index (κ3) is 3.04. The number of ketones is 1. The molecule has 3 atom stereocenters. The van der Waals surface area contributed by atoms with Crippen molar-refractivity contribution in [2.75, 3.05) is 13.2 Å². The summed E-state index contributed by atoms with van der Waals surface area (Å²) in [4.78, 5) is 22.5. The highest BCUT2D eigenvalue weighted by molar-refractivity contribution is 5.89. The second-order valence-electron chi connectivity index (χ2n) is 4.69. The predicted molar refractivity (Wildman–Crippen MR) is 58.4 cm³/mol. The SMILES string of the molecule is O=C1CC[C@@H](C(=O)O)[C@@H]1COC1CCCCO1. The van der Waals surface area contributed by atoms with Crippen LogP contribution in [0.4, 0.5) is 0 Å². The van der Waals surface area contributed by atoms with Gasteiger partial charge in [0.2, 0.25) is 0 Å². The van der Waals surface area contributed by atoms with E-state index in [1.165, 1.54) is 0 Å². The van der Waals surface area contributed by atoms with Gasteiger partial charge in [-0.15, -0.1) is 0 Å². The van der Waals surface area contributed by atoms with Gasteiger partial charge in [0.1, 0.15) is 5.78 Å². The summed E-state index contributed by atoms with van der Waals surface area (Å²) in [5, 5.41) is 9.00. The summed E-state index contributed by atoms with van der Waals surface area (Å²) in [6, 6.07) is 0. The molecule has 0 spiro atoms. The summed E-state index contributed by atoms with van der Waals surface area (Å²) >= 11 is 0.